The maximum absolute atomic E-state index is 11.5. The molecule has 1 unspecified atom stereocenters. The molecule has 2 aliphatic rings. The lowest BCUT2D eigenvalue weighted by Crippen LogP contribution is -2.39. The van der Waals surface area contributed by atoms with Gasteiger partial charge in [-0.1, -0.05) is 11.8 Å². The summed E-state index contributed by atoms with van der Waals surface area (Å²) in [6.45, 7) is -0.168. The molecule has 2 fully saturated rings. The van der Waals surface area contributed by atoms with Gasteiger partial charge in [-0.25, -0.2) is 19.2 Å². The minimum atomic E-state index is -4.18. The first-order valence-electron chi connectivity index (χ1n) is 6.93. The van der Waals surface area contributed by atoms with Gasteiger partial charge in [0.2, 0.25) is 0 Å². The second-order valence-corrected chi connectivity index (χ2v) is 7.49. The van der Waals surface area contributed by atoms with E-state index in [-0.39, 0.29) is 12.4 Å². The maximum Gasteiger partial charge on any atom is 0.472 e. The average molecular weight is 375 g/mol. The highest BCUT2D eigenvalue weighted by molar-refractivity contribution is 7.98. The number of nitrogens with two attached hydrogens (primary N) is 1. The van der Waals surface area contributed by atoms with E-state index >= 15 is 0 Å². The van der Waals surface area contributed by atoms with E-state index in [1.165, 1.54) is 22.6 Å². The van der Waals surface area contributed by atoms with Crippen molar-refractivity contribution < 1.29 is 28.3 Å². The van der Waals surface area contributed by atoms with Crippen LogP contribution in [0.15, 0.2) is 11.4 Å². The van der Waals surface area contributed by atoms with Gasteiger partial charge in [0.25, 0.3) is 0 Å². The highest BCUT2D eigenvalue weighted by Gasteiger charge is 2.53. The lowest BCUT2D eigenvalue weighted by molar-refractivity contribution is -0.0695. The number of aromatic nitrogens is 4. The second-order valence-electron chi connectivity index (χ2n) is 5.31. The zero-order valence-electron chi connectivity index (χ0n) is 12.3. The predicted molar refractivity (Wildman–Crippen MR) is 82.1 cm³/mol. The molecule has 2 saturated heterocycles. The van der Waals surface area contributed by atoms with Crippen molar-refractivity contribution in [1.82, 2.24) is 19.7 Å². The van der Waals surface area contributed by atoms with Gasteiger partial charge in [0.15, 0.2) is 17.0 Å². The van der Waals surface area contributed by atoms with E-state index in [1.54, 1.807) is 6.26 Å². The minimum Gasteiger partial charge on any atom is -0.385 e. The molecule has 4 N–H and O–H groups in total. The zero-order chi connectivity index (χ0) is 17.1. The number of anilines is 1. The molecule has 2 aliphatic heterocycles. The molecule has 0 saturated carbocycles. The Morgan fingerprint density at radius 3 is 3.04 bits per heavy atom. The number of hydrogen-bond donors (Lipinski definition) is 3. The Kier molecular flexibility index (Phi) is 3.80. The standard InChI is InChI=1S/C11H14N5O6PS/c1-24-11-14-8(12)4-2-13-16(9(4)15-11)10-6(17)7-5(21-10)3-20-23(18,19)22-7/h2,5-7,10,17H,3H2,1H3,(H,18,19)(H2,12,14,15)/t5-,6-,7-,10-/m1/s1. The predicted octanol–water partition coefficient (Wildman–Crippen LogP) is -0.0955. The van der Waals surface area contributed by atoms with E-state index in [0.717, 1.165) is 0 Å². The van der Waals surface area contributed by atoms with E-state index in [4.69, 9.17) is 19.5 Å². The summed E-state index contributed by atoms with van der Waals surface area (Å²) in [4.78, 5) is 17.9. The van der Waals surface area contributed by atoms with Gasteiger partial charge >= 0.3 is 7.82 Å². The fourth-order valence-electron chi connectivity index (χ4n) is 2.74. The molecule has 0 amide bonds. The SMILES string of the molecule is CSc1nc(N)c2cnn([C@@H]3O[C@@H]4COP(=O)(O)O[C@H]4[C@H]3O)c2n1. The number of nitrogens with zero attached hydrogens (tertiary/aromatic N) is 4. The van der Waals surface area contributed by atoms with Crippen LogP contribution in [0.4, 0.5) is 5.82 Å². The van der Waals surface area contributed by atoms with E-state index in [2.05, 4.69) is 15.1 Å². The Morgan fingerprint density at radius 1 is 1.50 bits per heavy atom. The Bertz CT molecular complexity index is 848. The Labute approximate surface area is 139 Å². The van der Waals surface area contributed by atoms with Crippen LogP contribution >= 0.6 is 19.6 Å². The lowest BCUT2D eigenvalue weighted by atomic mass is 10.1. The quantitative estimate of drug-likeness (QED) is 0.366. The number of aliphatic hydroxyl groups is 1. The van der Waals surface area contributed by atoms with E-state index in [9.17, 15) is 14.6 Å². The molecular formula is C11H14N5O6PS. The molecule has 13 heteroatoms. The fraction of sp³-hybridized carbons (Fsp3) is 0.545. The molecule has 0 aromatic carbocycles. The third kappa shape index (κ3) is 2.51. The summed E-state index contributed by atoms with van der Waals surface area (Å²) < 4.78 is 28.2. The fourth-order valence-corrected chi connectivity index (χ4v) is 4.07. The molecule has 5 atom stereocenters. The molecule has 0 radical (unpaired) electrons. The van der Waals surface area contributed by atoms with E-state index < -0.39 is 32.4 Å². The molecule has 4 rings (SSSR count). The third-order valence-corrected chi connectivity index (χ3v) is 5.39. The molecule has 0 aliphatic carbocycles. The van der Waals surface area contributed by atoms with Gasteiger partial charge in [0.1, 0.15) is 24.1 Å². The van der Waals surface area contributed by atoms with Crippen LogP contribution < -0.4 is 5.73 Å². The zero-order valence-corrected chi connectivity index (χ0v) is 14.1. The number of ether oxygens (including phenoxy) is 1. The molecule has 4 heterocycles. The van der Waals surface area contributed by atoms with Crippen molar-refractivity contribution in [2.24, 2.45) is 0 Å². The van der Waals surface area contributed by atoms with Crippen molar-refractivity contribution >= 4 is 36.4 Å². The number of hydrogen-bond acceptors (Lipinski definition) is 10. The monoisotopic (exact) mass is 375 g/mol. The average Bonchev–Trinajstić information content (AvgIpc) is 3.08. The van der Waals surface area contributed by atoms with Crippen molar-refractivity contribution in [3.63, 3.8) is 0 Å². The van der Waals surface area contributed by atoms with Gasteiger partial charge in [0.05, 0.1) is 18.2 Å². The Hall–Kier alpha value is -1.27. The normalized spacial score (nSPS) is 36.1. The third-order valence-electron chi connectivity index (χ3n) is 3.85. The molecule has 2 aromatic rings. The van der Waals surface area contributed by atoms with Crippen LogP contribution in [0.5, 0.6) is 0 Å². The summed E-state index contributed by atoms with van der Waals surface area (Å²) in [6.07, 6.45) is -0.600. The molecule has 11 nitrogen and oxygen atoms in total. The molecule has 130 valence electrons. The van der Waals surface area contributed by atoms with Crippen molar-refractivity contribution in [3.05, 3.63) is 6.20 Å². The summed E-state index contributed by atoms with van der Waals surface area (Å²) in [7, 11) is -4.18. The Balaban J connectivity index is 1.73. The lowest BCUT2D eigenvalue weighted by Gasteiger charge is -2.27. The van der Waals surface area contributed by atoms with Gasteiger partial charge in [-0.2, -0.15) is 5.10 Å². The summed E-state index contributed by atoms with van der Waals surface area (Å²) in [5.41, 5.74) is 6.29. The summed E-state index contributed by atoms with van der Waals surface area (Å²) >= 11 is 1.31. The highest BCUT2D eigenvalue weighted by Crippen LogP contribution is 2.52. The Morgan fingerprint density at radius 2 is 2.29 bits per heavy atom. The van der Waals surface area contributed by atoms with Crippen molar-refractivity contribution in [2.75, 3.05) is 18.6 Å². The number of fused-ring (bicyclic) bond motifs is 2. The number of nitrogen functional groups attached to an aromatic ring is 1. The number of aliphatic hydroxyl groups excluding tert-OH is 1. The molecule has 24 heavy (non-hydrogen) atoms. The summed E-state index contributed by atoms with van der Waals surface area (Å²) in [5, 5.41) is 15.6. The molecule has 0 bridgehead atoms. The van der Waals surface area contributed by atoms with Gasteiger partial charge in [0, 0.05) is 0 Å². The van der Waals surface area contributed by atoms with Crippen molar-refractivity contribution in [1.29, 1.82) is 0 Å². The van der Waals surface area contributed by atoms with Crippen LogP contribution in [0.2, 0.25) is 0 Å². The van der Waals surface area contributed by atoms with Crippen LogP contribution in [0.3, 0.4) is 0 Å². The van der Waals surface area contributed by atoms with Crippen molar-refractivity contribution in [3.8, 4) is 0 Å². The van der Waals surface area contributed by atoms with Crippen LogP contribution in [-0.4, -0.2) is 60.9 Å². The smallest absolute Gasteiger partial charge is 0.385 e. The van der Waals surface area contributed by atoms with E-state index in [1.807, 2.05) is 0 Å². The number of phosphoric acid groups is 1. The summed E-state index contributed by atoms with van der Waals surface area (Å²) in [5.74, 6) is 0.264. The number of thioether (sulfide) groups is 1. The largest absolute Gasteiger partial charge is 0.472 e. The first-order chi connectivity index (χ1) is 11.4. The van der Waals surface area contributed by atoms with Crippen LogP contribution in [0.25, 0.3) is 11.0 Å². The van der Waals surface area contributed by atoms with Gasteiger partial charge in [-0.15, -0.1) is 0 Å². The van der Waals surface area contributed by atoms with Crippen LogP contribution in [0.1, 0.15) is 6.23 Å². The molecular weight excluding hydrogens is 361 g/mol. The molecule has 0 spiro atoms. The first kappa shape index (κ1) is 16.2. The first-order valence-corrected chi connectivity index (χ1v) is 9.65. The number of phosphoric ester groups is 1. The van der Waals surface area contributed by atoms with Gasteiger partial charge in [-0.05, 0) is 6.26 Å². The van der Waals surface area contributed by atoms with Crippen LogP contribution in [-0.2, 0) is 18.3 Å². The minimum absolute atomic E-state index is 0.168. The topological polar surface area (TPSA) is 155 Å². The van der Waals surface area contributed by atoms with Crippen LogP contribution in [0, 0.1) is 0 Å². The van der Waals surface area contributed by atoms with Crippen molar-refractivity contribution in [2.45, 2.75) is 29.7 Å². The molecule has 2 aromatic heterocycles. The summed E-state index contributed by atoms with van der Waals surface area (Å²) in [6, 6.07) is 0. The van der Waals surface area contributed by atoms with E-state index in [0.29, 0.717) is 16.2 Å². The maximum atomic E-state index is 11.5. The van der Waals surface area contributed by atoms with Gasteiger partial charge in [-0.3, -0.25) is 9.05 Å². The number of rotatable bonds is 2. The highest BCUT2D eigenvalue weighted by atomic mass is 32.2. The van der Waals surface area contributed by atoms with Gasteiger partial charge < -0.3 is 20.5 Å². The second kappa shape index (κ2) is 5.63.